The van der Waals surface area contributed by atoms with Gasteiger partial charge in [-0.25, -0.2) is 0 Å². The van der Waals surface area contributed by atoms with Crippen LogP contribution in [0.4, 0.5) is 0 Å². The third kappa shape index (κ3) is 2.08. The smallest absolute Gasteiger partial charge is 0.243 e. The van der Waals surface area contributed by atoms with E-state index in [2.05, 4.69) is 19.2 Å². The molecule has 0 saturated heterocycles. The van der Waals surface area contributed by atoms with Gasteiger partial charge in [0, 0.05) is 42.9 Å². The van der Waals surface area contributed by atoms with Crippen molar-refractivity contribution in [2.45, 2.75) is 58.5 Å². The van der Waals surface area contributed by atoms with Gasteiger partial charge in [-0.3, -0.25) is 9.59 Å². The summed E-state index contributed by atoms with van der Waals surface area (Å²) in [5, 5.41) is 2.96. The zero-order valence-electron chi connectivity index (χ0n) is 15.1. The minimum absolute atomic E-state index is 0.00335. The molecular formula is C20H29NO3. The van der Waals surface area contributed by atoms with Gasteiger partial charge < -0.3 is 10.1 Å². The second-order valence-corrected chi connectivity index (χ2v) is 8.87. The van der Waals surface area contributed by atoms with Crippen LogP contribution in [0, 0.1) is 28.6 Å². The molecule has 0 aromatic rings. The van der Waals surface area contributed by atoms with Gasteiger partial charge in [-0.15, -0.1) is 0 Å². The van der Waals surface area contributed by atoms with Crippen LogP contribution in [0.15, 0.2) is 11.6 Å². The van der Waals surface area contributed by atoms with E-state index in [0.29, 0.717) is 30.6 Å². The molecule has 4 aliphatic rings. The molecule has 24 heavy (non-hydrogen) atoms. The molecule has 0 bridgehead atoms. The quantitative estimate of drug-likeness (QED) is 0.804. The summed E-state index contributed by atoms with van der Waals surface area (Å²) in [5.74, 6) is 1.53. The van der Waals surface area contributed by atoms with Crippen molar-refractivity contribution in [1.29, 1.82) is 0 Å². The topological polar surface area (TPSA) is 55.4 Å². The van der Waals surface area contributed by atoms with Gasteiger partial charge in [0.2, 0.25) is 5.91 Å². The maximum atomic E-state index is 13.3. The summed E-state index contributed by atoms with van der Waals surface area (Å²) in [6, 6.07) is 0. The van der Waals surface area contributed by atoms with E-state index in [9.17, 15) is 9.59 Å². The molecule has 3 aliphatic carbocycles. The van der Waals surface area contributed by atoms with E-state index in [1.165, 1.54) is 12.0 Å². The van der Waals surface area contributed by atoms with Gasteiger partial charge in [0.25, 0.3) is 0 Å². The number of rotatable bonds is 1. The predicted octanol–water partition coefficient (Wildman–Crippen LogP) is 2.87. The Bertz CT molecular complexity index is 612. The molecule has 1 heterocycles. The Morgan fingerprint density at radius 2 is 2.00 bits per heavy atom. The Morgan fingerprint density at radius 3 is 2.75 bits per heavy atom. The molecule has 4 nitrogen and oxygen atoms in total. The van der Waals surface area contributed by atoms with Crippen LogP contribution in [0.3, 0.4) is 0 Å². The van der Waals surface area contributed by atoms with Crippen LogP contribution in [0.2, 0.25) is 0 Å². The summed E-state index contributed by atoms with van der Waals surface area (Å²) in [5.41, 5.74) is 1.06. The molecular weight excluding hydrogens is 302 g/mol. The van der Waals surface area contributed by atoms with Crippen molar-refractivity contribution >= 4 is 11.7 Å². The lowest BCUT2D eigenvalue weighted by Gasteiger charge is -2.55. The van der Waals surface area contributed by atoms with Crippen LogP contribution in [-0.2, 0) is 14.3 Å². The Morgan fingerprint density at radius 1 is 1.21 bits per heavy atom. The third-order valence-corrected chi connectivity index (χ3v) is 7.87. The fourth-order valence-corrected chi connectivity index (χ4v) is 6.73. The average molecular weight is 331 g/mol. The second kappa shape index (κ2) is 5.42. The highest BCUT2D eigenvalue weighted by molar-refractivity contribution is 5.90. The van der Waals surface area contributed by atoms with Crippen LogP contribution in [-0.4, -0.2) is 31.4 Å². The summed E-state index contributed by atoms with van der Waals surface area (Å²) in [4.78, 5) is 25.3. The largest absolute Gasteiger partial charge is 0.381 e. The summed E-state index contributed by atoms with van der Waals surface area (Å²) < 4.78 is 5.76. The standard InChI is InChI=1S/C20H29NO3/c1-19-8-9-21-17(23)10-12(19)4-5-13-14-6-7-16(24-3)20(14,2)11-15(22)18(13)19/h10,13-14,16,18H,4-9,11H2,1-3H3,(H,21,23)/t13-,14-,16?,18+,19-,20?/m0/s1. The van der Waals surface area contributed by atoms with Crippen molar-refractivity contribution in [3.8, 4) is 0 Å². The predicted molar refractivity (Wildman–Crippen MR) is 91.3 cm³/mol. The van der Waals surface area contributed by atoms with Gasteiger partial charge >= 0.3 is 0 Å². The van der Waals surface area contributed by atoms with Gasteiger partial charge in [-0.2, -0.15) is 0 Å². The Hall–Kier alpha value is -1.16. The lowest BCUT2D eigenvalue weighted by atomic mass is 9.48. The van der Waals surface area contributed by atoms with Crippen molar-refractivity contribution in [1.82, 2.24) is 5.32 Å². The first-order valence-electron chi connectivity index (χ1n) is 9.44. The van der Waals surface area contributed by atoms with Crippen LogP contribution in [0.1, 0.15) is 52.4 Å². The Kier molecular flexibility index (Phi) is 3.68. The van der Waals surface area contributed by atoms with Crippen LogP contribution in [0.5, 0.6) is 0 Å². The van der Waals surface area contributed by atoms with Crippen molar-refractivity contribution in [2.75, 3.05) is 13.7 Å². The average Bonchev–Trinajstić information content (AvgIpc) is 2.76. The molecule has 0 spiro atoms. The van der Waals surface area contributed by atoms with Crippen molar-refractivity contribution < 1.29 is 14.3 Å². The summed E-state index contributed by atoms with van der Waals surface area (Å²) in [6.45, 7) is 5.19. The van der Waals surface area contributed by atoms with Crippen molar-refractivity contribution in [3.63, 3.8) is 0 Å². The highest BCUT2D eigenvalue weighted by Gasteiger charge is 2.62. The number of amides is 1. The van der Waals surface area contributed by atoms with Gasteiger partial charge in [0.05, 0.1) is 6.10 Å². The van der Waals surface area contributed by atoms with Crippen LogP contribution >= 0.6 is 0 Å². The number of ketones is 1. The third-order valence-electron chi connectivity index (χ3n) is 7.87. The molecule has 6 atom stereocenters. The number of allylic oxidation sites excluding steroid dienone is 1. The number of fused-ring (bicyclic) bond motifs is 5. The molecule has 132 valence electrons. The van der Waals surface area contributed by atoms with E-state index in [-0.39, 0.29) is 28.8 Å². The second-order valence-electron chi connectivity index (χ2n) is 8.87. The zero-order valence-corrected chi connectivity index (χ0v) is 15.1. The SMILES string of the molecule is COC1CC[C@H]2[C@@H]3CCC4=CC(=O)NCC[C@]4(C)[C@H]3C(=O)CC12C. The molecule has 3 saturated carbocycles. The maximum absolute atomic E-state index is 13.3. The molecule has 1 amide bonds. The first-order chi connectivity index (χ1) is 11.4. The Labute approximate surface area is 144 Å². The molecule has 4 rings (SSSR count). The molecule has 0 radical (unpaired) electrons. The molecule has 0 aromatic heterocycles. The summed E-state index contributed by atoms with van der Waals surface area (Å²) in [6.07, 6.45) is 7.79. The minimum atomic E-state index is -0.147. The van der Waals surface area contributed by atoms with E-state index in [4.69, 9.17) is 4.74 Å². The van der Waals surface area contributed by atoms with Gasteiger partial charge in [-0.05, 0) is 43.9 Å². The van der Waals surface area contributed by atoms with Crippen molar-refractivity contribution in [2.24, 2.45) is 28.6 Å². The Balaban J connectivity index is 1.74. The zero-order chi connectivity index (χ0) is 17.1. The molecule has 3 fully saturated rings. The molecule has 1 N–H and O–H groups in total. The first-order valence-corrected chi connectivity index (χ1v) is 9.44. The molecule has 2 unspecified atom stereocenters. The normalized spacial score (nSPS) is 47.9. The number of Topliss-reactive ketones (excluding diaryl/α,β-unsaturated/α-hetero) is 1. The first kappa shape index (κ1) is 16.3. The van der Waals surface area contributed by atoms with Crippen LogP contribution in [0.25, 0.3) is 0 Å². The van der Waals surface area contributed by atoms with E-state index < -0.39 is 0 Å². The highest BCUT2D eigenvalue weighted by Crippen LogP contribution is 2.63. The number of nitrogens with one attached hydrogen (secondary N) is 1. The maximum Gasteiger partial charge on any atom is 0.243 e. The van der Waals surface area contributed by atoms with E-state index >= 15 is 0 Å². The number of carbonyl (C=O) groups is 2. The number of hydrogen-bond donors (Lipinski definition) is 1. The fourth-order valence-electron chi connectivity index (χ4n) is 6.73. The van der Waals surface area contributed by atoms with E-state index in [0.717, 1.165) is 25.7 Å². The molecule has 4 heteroatoms. The molecule has 0 aromatic carbocycles. The highest BCUT2D eigenvalue weighted by atomic mass is 16.5. The number of carbonyl (C=O) groups excluding carboxylic acids is 2. The monoisotopic (exact) mass is 331 g/mol. The van der Waals surface area contributed by atoms with Crippen LogP contribution < -0.4 is 5.32 Å². The lowest BCUT2D eigenvalue weighted by molar-refractivity contribution is -0.148. The number of hydrogen-bond acceptors (Lipinski definition) is 3. The molecule has 1 aliphatic heterocycles. The summed E-state index contributed by atoms with van der Waals surface area (Å²) >= 11 is 0. The van der Waals surface area contributed by atoms with Gasteiger partial charge in [-0.1, -0.05) is 19.4 Å². The summed E-state index contributed by atoms with van der Waals surface area (Å²) in [7, 11) is 1.79. The fraction of sp³-hybridized carbons (Fsp3) is 0.800. The van der Waals surface area contributed by atoms with Gasteiger partial charge in [0.15, 0.2) is 0 Å². The van der Waals surface area contributed by atoms with Crippen molar-refractivity contribution in [3.05, 3.63) is 11.6 Å². The van der Waals surface area contributed by atoms with E-state index in [1.54, 1.807) is 13.2 Å². The minimum Gasteiger partial charge on any atom is -0.381 e. The van der Waals surface area contributed by atoms with Gasteiger partial charge in [0.1, 0.15) is 5.78 Å². The number of methoxy groups -OCH3 is 1. The lowest BCUT2D eigenvalue weighted by Crippen LogP contribution is -2.55. The number of ether oxygens (including phenoxy) is 1. The van der Waals surface area contributed by atoms with E-state index in [1.807, 2.05) is 0 Å².